The van der Waals surface area contributed by atoms with Crippen molar-refractivity contribution in [3.8, 4) is 0 Å². The molecule has 1 aromatic carbocycles. The topological polar surface area (TPSA) is 66.9 Å². The summed E-state index contributed by atoms with van der Waals surface area (Å²) >= 11 is 6.14. The largest absolute Gasteiger partial charge is 0.355 e. The van der Waals surface area contributed by atoms with Gasteiger partial charge in [-0.2, -0.15) is 0 Å². The number of nitrogens with zero attached hydrogens (tertiary/aromatic N) is 2. The van der Waals surface area contributed by atoms with Gasteiger partial charge < -0.3 is 10.6 Å². The monoisotopic (exact) mass is 352 g/mol. The first-order valence-corrected chi connectivity index (χ1v) is 8.17. The fourth-order valence-corrected chi connectivity index (χ4v) is 2.47. The highest BCUT2D eigenvalue weighted by Crippen LogP contribution is 2.26. The molecule has 5 nitrogen and oxygen atoms in total. The molecule has 0 aliphatic heterocycles. The highest BCUT2D eigenvalue weighted by Gasteiger charge is 2.09. The van der Waals surface area contributed by atoms with Gasteiger partial charge in [0.25, 0.3) is 5.91 Å². The number of rotatable bonds is 5. The molecular formula is C19H17ClN4O. The van der Waals surface area contributed by atoms with Gasteiger partial charge in [-0.3, -0.25) is 14.8 Å². The molecule has 0 unspecified atom stereocenters. The standard InChI is InChI=1S/C19H17ClN4O/c1-13-16(20)6-4-7-17(13)24-14-8-10-22-18(11-14)19(25)23-12-15-5-2-3-9-21-15/h2-11H,12H2,1H3,(H,22,24)(H,23,25). The Morgan fingerprint density at radius 3 is 2.76 bits per heavy atom. The quantitative estimate of drug-likeness (QED) is 0.725. The summed E-state index contributed by atoms with van der Waals surface area (Å²) in [4.78, 5) is 20.6. The van der Waals surface area contributed by atoms with E-state index in [2.05, 4.69) is 20.6 Å². The molecule has 0 aliphatic rings. The van der Waals surface area contributed by atoms with Crippen molar-refractivity contribution in [3.63, 3.8) is 0 Å². The second-order valence-electron chi connectivity index (χ2n) is 5.47. The maximum atomic E-state index is 12.3. The van der Waals surface area contributed by atoms with E-state index >= 15 is 0 Å². The van der Waals surface area contributed by atoms with Crippen molar-refractivity contribution >= 4 is 28.9 Å². The van der Waals surface area contributed by atoms with E-state index in [9.17, 15) is 4.79 Å². The second kappa shape index (κ2) is 7.77. The number of hydrogen-bond acceptors (Lipinski definition) is 4. The summed E-state index contributed by atoms with van der Waals surface area (Å²) in [6.45, 7) is 2.29. The van der Waals surface area contributed by atoms with Crippen LogP contribution in [0.15, 0.2) is 60.9 Å². The van der Waals surface area contributed by atoms with E-state index in [4.69, 9.17) is 11.6 Å². The molecule has 3 rings (SSSR count). The van der Waals surface area contributed by atoms with Crippen LogP contribution in [0.2, 0.25) is 5.02 Å². The van der Waals surface area contributed by atoms with Crippen LogP contribution in [0.5, 0.6) is 0 Å². The van der Waals surface area contributed by atoms with Gasteiger partial charge in [0.05, 0.1) is 12.2 Å². The number of carbonyl (C=O) groups is 1. The van der Waals surface area contributed by atoms with E-state index in [1.165, 1.54) is 0 Å². The van der Waals surface area contributed by atoms with Gasteiger partial charge in [-0.05, 0) is 48.9 Å². The van der Waals surface area contributed by atoms with Crippen LogP contribution in [0.25, 0.3) is 0 Å². The van der Waals surface area contributed by atoms with Gasteiger partial charge >= 0.3 is 0 Å². The lowest BCUT2D eigenvalue weighted by atomic mass is 10.2. The minimum atomic E-state index is -0.253. The lowest BCUT2D eigenvalue weighted by Crippen LogP contribution is -2.24. The van der Waals surface area contributed by atoms with Gasteiger partial charge in [-0.15, -0.1) is 0 Å². The molecule has 3 aromatic rings. The normalized spacial score (nSPS) is 10.3. The summed E-state index contributed by atoms with van der Waals surface area (Å²) in [6, 6.07) is 14.7. The Bertz CT molecular complexity index is 884. The first kappa shape index (κ1) is 16.9. The van der Waals surface area contributed by atoms with Gasteiger partial charge in [0, 0.05) is 28.8 Å². The summed E-state index contributed by atoms with van der Waals surface area (Å²) in [5, 5.41) is 6.77. The Labute approximate surface area is 151 Å². The van der Waals surface area contributed by atoms with Gasteiger partial charge in [-0.1, -0.05) is 23.7 Å². The summed E-state index contributed by atoms with van der Waals surface area (Å²) in [6.07, 6.45) is 3.29. The second-order valence-corrected chi connectivity index (χ2v) is 5.88. The number of amides is 1. The molecule has 6 heteroatoms. The molecule has 0 saturated heterocycles. The lowest BCUT2D eigenvalue weighted by molar-refractivity contribution is 0.0945. The number of hydrogen-bond donors (Lipinski definition) is 2. The Kier molecular flexibility index (Phi) is 5.26. The Hall–Kier alpha value is -2.92. The van der Waals surface area contributed by atoms with E-state index in [0.29, 0.717) is 17.3 Å². The van der Waals surface area contributed by atoms with Crippen LogP contribution in [0.4, 0.5) is 11.4 Å². The van der Waals surface area contributed by atoms with Crippen LogP contribution in [-0.2, 0) is 6.54 Å². The number of pyridine rings is 2. The highest BCUT2D eigenvalue weighted by molar-refractivity contribution is 6.31. The van der Waals surface area contributed by atoms with Crippen LogP contribution in [0.3, 0.4) is 0 Å². The number of carbonyl (C=O) groups excluding carboxylic acids is 1. The maximum absolute atomic E-state index is 12.3. The summed E-state index contributed by atoms with van der Waals surface area (Å²) < 4.78 is 0. The number of halogens is 1. The van der Waals surface area contributed by atoms with E-state index in [1.807, 2.05) is 43.3 Å². The molecule has 0 fully saturated rings. The molecule has 0 atom stereocenters. The minimum Gasteiger partial charge on any atom is -0.355 e. The zero-order chi connectivity index (χ0) is 17.6. The third-order valence-electron chi connectivity index (χ3n) is 3.70. The number of benzene rings is 1. The smallest absolute Gasteiger partial charge is 0.270 e. The Morgan fingerprint density at radius 2 is 1.96 bits per heavy atom. The van der Waals surface area contributed by atoms with Crippen molar-refractivity contribution in [2.45, 2.75) is 13.5 Å². The summed E-state index contributed by atoms with van der Waals surface area (Å²) in [5.41, 5.74) is 3.73. The first-order valence-electron chi connectivity index (χ1n) is 7.80. The number of nitrogens with one attached hydrogen (secondary N) is 2. The van der Waals surface area contributed by atoms with Crippen LogP contribution in [0.1, 0.15) is 21.7 Å². The minimum absolute atomic E-state index is 0.253. The molecule has 126 valence electrons. The third kappa shape index (κ3) is 4.33. The summed E-state index contributed by atoms with van der Waals surface area (Å²) in [5.74, 6) is -0.253. The van der Waals surface area contributed by atoms with Gasteiger partial charge in [0.1, 0.15) is 5.69 Å². The van der Waals surface area contributed by atoms with E-state index < -0.39 is 0 Å². The molecule has 2 aromatic heterocycles. The van der Waals surface area contributed by atoms with Crippen LogP contribution >= 0.6 is 11.6 Å². The average molecular weight is 353 g/mol. The third-order valence-corrected chi connectivity index (χ3v) is 4.10. The average Bonchev–Trinajstić information content (AvgIpc) is 2.64. The fraction of sp³-hybridized carbons (Fsp3) is 0.105. The molecule has 0 saturated carbocycles. The van der Waals surface area contributed by atoms with Gasteiger partial charge in [0.15, 0.2) is 0 Å². The molecule has 2 heterocycles. The summed E-state index contributed by atoms with van der Waals surface area (Å²) in [7, 11) is 0. The predicted molar refractivity (Wildman–Crippen MR) is 99.1 cm³/mol. The van der Waals surface area contributed by atoms with E-state index in [-0.39, 0.29) is 5.91 Å². The molecule has 1 amide bonds. The van der Waals surface area contributed by atoms with Crippen molar-refractivity contribution < 1.29 is 4.79 Å². The number of anilines is 2. The molecule has 0 aliphatic carbocycles. The zero-order valence-corrected chi connectivity index (χ0v) is 14.4. The van der Waals surface area contributed by atoms with Crippen molar-refractivity contribution in [3.05, 3.63) is 82.9 Å². The van der Waals surface area contributed by atoms with Gasteiger partial charge in [0.2, 0.25) is 0 Å². The predicted octanol–water partition coefficient (Wildman–Crippen LogP) is 4.11. The van der Waals surface area contributed by atoms with E-state index in [1.54, 1.807) is 24.5 Å². The van der Waals surface area contributed by atoms with Crippen molar-refractivity contribution in [2.24, 2.45) is 0 Å². The molecule has 0 bridgehead atoms. The maximum Gasteiger partial charge on any atom is 0.270 e. The molecule has 0 spiro atoms. The lowest BCUT2D eigenvalue weighted by Gasteiger charge is -2.11. The Morgan fingerprint density at radius 1 is 1.08 bits per heavy atom. The van der Waals surface area contributed by atoms with E-state index in [0.717, 1.165) is 22.6 Å². The molecule has 0 radical (unpaired) electrons. The van der Waals surface area contributed by atoms with Crippen LogP contribution in [-0.4, -0.2) is 15.9 Å². The number of aromatic nitrogens is 2. The van der Waals surface area contributed by atoms with Gasteiger partial charge in [-0.25, -0.2) is 0 Å². The van der Waals surface area contributed by atoms with Crippen molar-refractivity contribution in [1.29, 1.82) is 0 Å². The van der Waals surface area contributed by atoms with Crippen LogP contribution in [0, 0.1) is 6.92 Å². The first-order chi connectivity index (χ1) is 12.1. The SMILES string of the molecule is Cc1c(Cl)cccc1Nc1ccnc(C(=O)NCc2ccccn2)c1. The highest BCUT2D eigenvalue weighted by atomic mass is 35.5. The zero-order valence-electron chi connectivity index (χ0n) is 13.7. The molecule has 25 heavy (non-hydrogen) atoms. The van der Waals surface area contributed by atoms with Crippen molar-refractivity contribution in [1.82, 2.24) is 15.3 Å². The molecule has 2 N–H and O–H groups in total. The van der Waals surface area contributed by atoms with Crippen molar-refractivity contribution in [2.75, 3.05) is 5.32 Å². The fourth-order valence-electron chi connectivity index (χ4n) is 2.29. The Balaban J connectivity index is 1.70. The molecular weight excluding hydrogens is 336 g/mol. The van der Waals surface area contributed by atoms with Crippen LogP contribution < -0.4 is 10.6 Å².